The third-order valence-electron chi connectivity index (χ3n) is 5.08. The first-order valence-electron chi connectivity index (χ1n) is 6.40. The molecule has 1 aromatic heterocycles. The number of fused-ring (bicyclic) bond motifs is 2. The highest BCUT2D eigenvalue weighted by Crippen LogP contribution is 2.63. The third kappa shape index (κ3) is 1.57. The van der Waals surface area contributed by atoms with Crippen molar-refractivity contribution in [3.05, 3.63) is 6.07 Å². The van der Waals surface area contributed by atoms with Crippen LogP contribution in [0.5, 0.6) is 0 Å². The van der Waals surface area contributed by atoms with Gasteiger partial charge in [-0.2, -0.15) is 4.37 Å². The third-order valence-corrected chi connectivity index (χ3v) is 5.82. The van der Waals surface area contributed by atoms with Crippen LogP contribution in [0.15, 0.2) is 6.07 Å². The number of anilines is 2. The summed E-state index contributed by atoms with van der Waals surface area (Å²) in [5, 5.41) is 4.82. The summed E-state index contributed by atoms with van der Waals surface area (Å²) in [6.07, 6.45) is 4.12. The highest BCUT2D eigenvalue weighted by Gasteiger charge is 2.59. The first-order chi connectivity index (χ1) is 7.92. The Bertz CT molecular complexity index is 435. The second-order valence-corrected chi connectivity index (χ2v) is 7.41. The Morgan fingerprint density at radius 2 is 2.24 bits per heavy atom. The number of rotatable bonds is 2. The van der Waals surface area contributed by atoms with Gasteiger partial charge in [0.05, 0.1) is 0 Å². The van der Waals surface area contributed by atoms with Crippen LogP contribution in [-0.2, 0) is 0 Å². The summed E-state index contributed by atoms with van der Waals surface area (Å²) in [6, 6.07) is 2.50. The second kappa shape index (κ2) is 3.37. The molecular formula is C13H21N3S. The smallest absolute Gasteiger partial charge is 0.139 e. The lowest BCUT2D eigenvalue weighted by molar-refractivity contribution is 0.156. The molecule has 2 saturated carbocycles. The molecule has 2 bridgehead atoms. The van der Waals surface area contributed by atoms with Gasteiger partial charge >= 0.3 is 0 Å². The highest BCUT2D eigenvalue weighted by atomic mass is 32.1. The van der Waals surface area contributed by atoms with E-state index in [1.807, 2.05) is 6.07 Å². The van der Waals surface area contributed by atoms with Crippen LogP contribution in [0.1, 0.15) is 40.0 Å². The normalized spacial score (nSPS) is 38.5. The van der Waals surface area contributed by atoms with E-state index in [0.29, 0.717) is 22.7 Å². The molecule has 1 heterocycles. The number of nitrogens with one attached hydrogen (secondary N) is 1. The van der Waals surface area contributed by atoms with Gasteiger partial charge in [0.25, 0.3) is 0 Å². The molecule has 94 valence electrons. The van der Waals surface area contributed by atoms with Crippen molar-refractivity contribution in [2.45, 2.75) is 46.1 Å². The van der Waals surface area contributed by atoms with Crippen molar-refractivity contribution in [1.82, 2.24) is 4.37 Å². The lowest BCUT2D eigenvalue weighted by atomic mass is 9.68. The minimum atomic E-state index is 0.381. The predicted octanol–water partition coefficient (Wildman–Crippen LogP) is 3.35. The predicted molar refractivity (Wildman–Crippen MR) is 73.2 cm³/mol. The minimum Gasteiger partial charge on any atom is -0.383 e. The molecule has 2 aliphatic rings. The van der Waals surface area contributed by atoms with Crippen molar-refractivity contribution in [2.75, 3.05) is 11.1 Å². The maximum absolute atomic E-state index is 5.69. The number of nitrogens with zero attached hydrogens (tertiary/aromatic N) is 1. The van der Waals surface area contributed by atoms with E-state index in [1.54, 1.807) is 0 Å². The van der Waals surface area contributed by atoms with E-state index in [-0.39, 0.29) is 0 Å². The van der Waals surface area contributed by atoms with E-state index in [1.165, 1.54) is 30.8 Å². The van der Waals surface area contributed by atoms with Gasteiger partial charge in [-0.15, -0.1) is 0 Å². The lowest BCUT2D eigenvalue weighted by Crippen LogP contribution is -2.45. The van der Waals surface area contributed by atoms with Gasteiger partial charge in [0.1, 0.15) is 10.8 Å². The van der Waals surface area contributed by atoms with Crippen molar-refractivity contribution in [2.24, 2.45) is 16.7 Å². The molecule has 0 amide bonds. The molecule has 3 atom stereocenters. The number of nitrogens with two attached hydrogens (primary N) is 1. The molecule has 0 saturated heterocycles. The summed E-state index contributed by atoms with van der Waals surface area (Å²) in [5.74, 6) is 1.50. The molecule has 0 aliphatic heterocycles. The van der Waals surface area contributed by atoms with Crippen molar-refractivity contribution in [3.8, 4) is 0 Å². The van der Waals surface area contributed by atoms with Crippen LogP contribution >= 0.6 is 11.5 Å². The van der Waals surface area contributed by atoms with Gasteiger partial charge in [-0.25, -0.2) is 0 Å². The van der Waals surface area contributed by atoms with E-state index in [4.69, 9.17) is 5.73 Å². The summed E-state index contributed by atoms with van der Waals surface area (Å²) in [6.45, 7) is 7.25. The first kappa shape index (κ1) is 11.3. The van der Waals surface area contributed by atoms with Crippen LogP contribution in [0.25, 0.3) is 0 Å². The zero-order chi connectivity index (χ0) is 12.3. The molecule has 0 spiro atoms. The minimum absolute atomic E-state index is 0.381. The molecule has 2 fully saturated rings. The Balaban J connectivity index is 1.87. The van der Waals surface area contributed by atoms with Crippen LogP contribution in [-0.4, -0.2) is 10.4 Å². The molecule has 3 N–H and O–H groups in total. The van der Waals surface area contributed by atoms with Crippen LogP contribution < -0.4 is 11.1 Å². The molecule has 4 heteroatoms. The Hall–Kier alpha value is -0.770. The quantitative estimate of drug-likeness (QED) is 0.847. The Kier molecular flexibility index (Phi) is 2.25. The van der Waals surface area contributed by atoms with Gasteiger partial charge in [-0.1, -0.05) is 20.8 Å². The molecular weight excluding hydrogens is 230 g/mol. The fourth-order valence-electron chi connectivity index (χ4n) is 4.16. The first-order valence-corrected chi connectivity index (χ1v) is 7.18. The number of nitrogen functional groups attached to an aromatic ring is 1. The molecule has 1 aromatic rings. The Morgan fingerprint density at radius 3 is 2.76 bits per heavy atom. The zero-order valence-corrected chi connectivity index (χ0v) is 11.6. The van der Waals surface area contributed by atoms with E-state index in [0.717, 1.165) is 10.9 Å². The van der Waals surface area contributed by atoms with Crippen LogP contribution in [0.3, 0.4) is 0 Å². The molecule has 0 aromatic carbocycles. The summed E-state index contributed by atoms with van der Waals surface area (Å²) in [7, 11) is 0. The topological polar surface area (TPSA) is 50.9 Å². The van der Waals surface area contributed by atoms with Gasteiger partial charge in [0.2, 0.25) is 0 Å². The summed E-state index contributed by atoms with van der Waals surface area (Å²) in [4.78, 5) is 0. The highest BCUT2D eigenvalue weighted by molar-refractivity contribution is 7.10. The molecule has 3 unspecified atom stereocenters. The SMILES string of the molecule is CC12CCC(C1)C(C)(C)C2Nc1cc(N)ns1. The monoisotopic (exact) mass is 251 g/mol. The van der Waals surface area contributed by atoms with Gasteiger partial charge < -0.3 is 11.1 Å². The van der Waals surface area contributed by atoms with Crippen LogP contribution in [0, 0.1) is 16.7 Å². The van der Waals surface area contributed by atoms with Gasteiger partial charge in [-0.05, 0) is 47.5 Å². The number of hydrogen-bond donors (Lipinski definition) is 2. The molecule has 17 heavy (non-hydrogen) atoms. The largest absolute Gasteiger partial charge is 0.383 e. The van der Waals surface area contributed by atoms with Crippen molar-refractivity contribution in [3.63, 3.8) is 0 Å². The Labute approximate surface area is 107 Å². The molecule has 2 aliphatic carbocycles. The average molecular weight is 251 g/mol. The second-order valence-electron chi connectivity index (χ2n) is 6.61. The van der Waals surface area contributed by atoms with Crippen LogP contribution in [0.4, 0.5) is 10.8 Å². The molecule has 3 nitrogen and oxygen atoms in total. The fourth-order valence-corrected chi connectivity index (χ4v) is 4.76. The van der Waals surface area contributed by atoms with Gasteiger partial charge in [0.15, 0.2) is 0 Å². The lowest BCUT2D eigenvalue weighted by Gasteiger charge is -2.43. The standard InChI is InChI=1S/C13H21N3S/c1-12(2)8-4-5-13(3,7-8)11(12)15-10-6-9(14)16-17-10/h6,8,11,15H,4-5,7H2,1-3H3,(H2,14,16). The average Bonchev–Trinajstić information content (AvgIpc) is 2.85. The maximum Gasteiger partial charge on any atom is 0.139 e. The maximum atomic E-state index is 5.69. The van der Waals surface area contributed by atoms with E-state index < -0.39 is 0 Å². The zero-order valence-electron chi connectivity index (χ0n) is 10.8. The van der Waals surface area contributed by atoms with Crippen molar-refractivity contribution in [1.29, 1.82) is 0 Å². The number of aromatic nitrogens is 1. The van der Waals surface area contributed by atoms with Crippen molar-refractivity contribution >= 4 is 22.4 Å². The summed E-state index contributed by atoms with van der Waals surface area (Å²) < 4.78 is 4.15. The van der Waals surface area contributed by atoms with E-state index >= 15 is 0 Å². The Morgan fingerprint density at radius 1 is 1.47 bits per heavy atom. The van der Waals surface area contributed by atoms with E-state index in [2.05, 4.69) is 30.5 Å². The number of hydrogen-bond acceptors (Lipinski definition) is 4. The fraction of sp³-hybridized carbons (Fsp3) is 0.769. The van der Waals surface area contributed by atoms with Crippen LogP contribution in [0.2, 0.25) is 0 Å². The van der Waals surface area contributed by atoms with E-state index in [9.17, 15) is 0 Å². The van der Waals surface area contributed by atoms with Gasteiger partial charge in [0, 0.05) is 12.1 Å². The summed E-state index contributed by atoms with van der Waals surface area (Å²) >= 11 is 1.48. The molecule has 0 radical (unpaired) electrons. The van der Waals surface area contributed by atoms with Crippen molar-refractivity contribution < 1.29 is 0 Å². The molecule has 3 rings (SSSR count). The summed E-state index contributed by atoms with van der Waals surface area (Å²) in [5.41, 5.74) is 6.52. The van der Waals surface area contributed by atoms with Gasteiger partial charge in [-0.3, -0.25) is 0 Å².